The van der Waals surface area contributed by atoms with Crippen LogP contribution in [0.5, 0.6) is 0 Å². The quantitative estimate of drug-likeness (QED) is 0.858. The van der Waals surface area contributed by atoms with Gasteiger partial charge in [0.15, 0.2) is 0 Å². The summed E-state index contributed by atoms with van der Waals surface area (Å²) in [5.74, 6) is 0. The summed E-state index contributed by atoms with van der Waals surface area (Å²) >= 11 is 0. The summed E-state index contributed by atoms with van der Waals surface area (Å²) in [6, 6.07) is 2.04. The van der Waals surface area contributed by atoms with Gasteiger partial charge < -0.3 is 10.1 Å². The van der Waals surface area contributed by atoms with Crippen LogP contribution in [-0.4, -0.2) is 53.5 Å². The van der Waals surface area contributed by atoms with Crippen LogP contribution < -0.4 is 5.32 Å². The van der Waals surface area contributed by atoms with Crippen LogP contribution in [0.3, 0.4) is 0 Å². The van der Waals surface area contributed by atoms with Crippen LogP contribution in [0.1, 0.15) is 37.8 Å². The smallest absolute Gasteiger partial charge is 0.0594 e. The van der Waals surface area contributed by atoms with Gasteiger partial charge in [-0.3, -0.25) is 10.00 Å². The van der Waals surface area contributed by atoms with Gasteiger partial charge in [-0.2, -0.15) is 5.10 Å². The Morgan fingerprint density at radius 2 is 2.05 bits per heavy atom. The second-order valence-electron chi connectivity index (χ2n) is 6.07. The highest BCUT2D eigenvalue weighted by Crippen LogP contribution is 2.33. The Morgan fingerprint density at radius 1 is 1.25 bits per heavy atom. The van der Waals surface area contributed by atoms with Crippen molar-refractivity contribution in [2.45, 2.75) is 44.2 Å². The van der Waals surface area contributed by atoms with Crippen LogP contribution >= 0.6 is 0 Å². The number of hydrogen-bond donors (Lipinski definition) is 2. The minimum absolute atomic E-state index is 0.349. The van der Waals surface area contributed by atoms with Crippen molar-refractivity contribution >= 4 is 0 Å². The predicted octanol–water partition coefficient (Wildman–Crippen LogP) is 1.53. The maximum Gasteiger partial charge on any atom is 0.0594 e. The molecule has 20 heavy (non-hydrogen) atoms. The van der Waals surface area contributed by atoms with Gasteiger partial charge in [0.1, 0.15) is 0 Å². The molecule has 1 aliphatic heterocycles. The van der Waals surface area contributed by atoms with E-state index in [0.717, 1.165) is 45.1 Å². The van der Waals surface area contributed by atoms with Crippen molar-refractivity contribution in [2.24, 2.45) is 0 Å². The third kappa shape index (κ3) is 3.22. The van der Waals surface area contributed by atoms with Gasteiger partial charge in [0.2, 0.25) is 0 Å². The van der Waals surface area contributed by atoms with Crippen molar-refractivity contribution in [3.8, 4) is 0 Å². The topological polar surface area (TPSA) is 53.2 Å². The average Bonchev–Trinajstić information content (AvgIpc) is 3.02. The zero-order valence-corrected chi connectivity index (χ0v) is 12.2. The van der Waals surface area contributed by atoms with Crippen molar-refractivity contribution < 1.29 is 4.74 Å². The summed E-state index contributed by atoms with van der Waals surface area (Å²) < 4.78 is 5.52. The number of nitrogens with one attached hydrogen (secondary N) is 2. The maximum absolute atomic E-state index is 5.52. The summed E-state index contributed by atoms with van der Waals surface area (Å²) in [6.45, 7) is 5.92. The summed E-state index contributed by atoms with van der Waals surface area (Å²) in [6.07, 6.45) is 8.58. The normalized spacial score (nSPS) is 23.8. The maximum atomic E-state index is 5.52. The Bertz CT molecular complexity index is 381. The first-order valence-corrected chi connectivity index (χ1v) is 7.91. The second kappa shape index (κ2) is 6.70. The van der Waals surface area contributed by atoms with E-state index >= 15 is 0 Å². The number of rotatable bonds is 5. The highest BCUT2D eigenvalue weighted by atomic mass is 16.5. The molecule has 0 amide bonds. The van der Waals surface area contributed by atoms with E-state index < -0.39 is 0 Å². The Balaban J connectivity index is 1.59. The van der Waals surface area contributed by atoms with Crippen LogP contribution in [0.2, 0.25) is 0 Å². The van der Waals surface area contributed by atoms with E-state index in [4.69, 9.17) is 4.74 Å². The molecule has 2 heterocycles. The molecule has 0 unspecified atom stereocenters. The van der Waals surface area contributed by atoms with Crippen LogP contribution in [0.25, 0.3) is 0 Å². The fourth-order valence-electron chi connectivity index (χ4n) is 3.67. The molecule has 1 aliphatic carbocycles. The first-order chi connectivity index (χ1) is 9.89. The van der Waals surface area contributed by atoms with Gasteiger partial charge in [-0.05, 0) is 18.9 Å². The summed E-state index contributed by atoms with van der Waals surface area (Å²) in [5.41, 5.74) is 1.51. The molecule has 1 saturated carbocycles. The molecule has 2 fully saturated rings. The van der Waals surface area contributed by atoms with Crippen LogP contribution in [-0.2, 0) is 11.3 Å². The lowest BCUT2D eigenvalue weighted by Gasteiger charge is -2.48. The zero-order valence-electron chi connectivity index (χ0n) is 12.2. The molecule has 0 atom stereocenters. The van der Waals surface area contributed by atoms with Gasteiger partial charge in [0.25, 0.3) is 0 Å². The number of ether oxygens (including phenoxy) is 1. The number of aromatic amines is 1. The molecule has 0 aromatic carbocycles. The summed E-state index contributed by atoms with van der Waals surface area (Å²) in [7, 11) is 0. The van der Waals surface area contributed by atoms with E-state index in [9.17, 15) is 0 Å². The van der Waals surface area contributed by atoms with Gasteiger partial charge in [-0.25, -0.2) is 0 Å². The molecule has 0 spiro atoms. The number of aromatic nitrogens is 2. The molecular weight excluding hydrogens is 252 g/mol. The first-order valence-electron chi connectivity index (χ1n) is 7.91. The molecule has 0 bridgehead atoms. The van der Waals surface area contributed by atoms with Crippen molar-refractivity contribution in [1.82, 2.24) is 20.4 Å². The summed E-state index contributed by atoms with van der Waals surface area (Å²) in [5, 5.41) is 10.7. The van der Waals surface area contributed by atoms with Gasteiger partial charge in [-0.15, -0.1) is 0 Å². The van der Waals surface area contributed by atoms with E-state index in [1.807, 2.05) is 12.3 Å². The third-order valence-electron chi connectivity index (χ3n) is 4.79. The van der Waals surface area contributed by atoms with E-state index in [2.05, 4.69) is 20.4 Å². The lowest BCUT2D eigenvalue weighted by atomic mass is 9.79. The second-order valence-corrected chi connectivity index (χ2v) is 6.07. The van der Waals surface area contributed by atoms with Crippen molar-refractivity contribution in [1.29, 1.82) is 0 Å². The van der Waals surface area contributed by atoms with Crippen molar-refractivity contribution in [3.05, 3.63) is 18.0 Å². The van der Waals surface area contributed by atoms with Gasteiger partial charge in [-0.1, -0.05) is 19.3 Å². The minimum Gasteiger partial charge on any atom is -0.379 e. The molecule has 5 heteroatoms. The molecule has 112 valence electrons. The third-order valence-corrected chi connectivity index (χ3v) is 4.79. The van der Waals surface area contributed by atoms with Gasteiger partial charge >= 0.3 is 0 Å². The van der Waals surface area contributed by atoms with Crippen LogP contribution in [0.4, 0.5) is 0 Å². The van der Waals surface area contributed by atoms with Gasteiger partial charge in [0, 0.05) is 43.6 Å². The fraction of sp³-hybridized carbons (Fsp3) is 0.800. The van der Waals surface area contributed by atoms with Crippen LogP contribution in [0, 0.1) is 0 Å². The molecular formula is C15H26N4O. The highest BCUT2D eigenvalue weighted by Gasteiger charge is 2.38. The Morgan fingerprint density at radius 3 is 2.75 bits per heavy atom. The molecule has 1 aromatic heterocycles. The van der Waals surface area contributed by atoms with E-state index in [1.54, 1.807) is 0 Å². The Labute approximate surface area is 121 Å². The molecule has 0 radical (unpaired) electrons. The van der Waals surface area contributed by atoms with Gasteiger partial charge in [0.05, 0.1) is 13.2 Å². The van der Waals surface area contributed by atoms with Crippen molar-refractivity contribution in [3.63, 3.8) is 0 Å². The number of hydrogen-bond acceptors (Lipinski definition) is 4. The number of nitrogens with zero attached hydrogens (tertiary/aromatic N) is 2. The molecule has 3 rings (SSSR count). The average molecular weight is 278 g/mol. The molecule has 1 aromatic rings. The monoisotopic (exact) mass is 278 g/mol. The highest BCUT2D eigenvalue weighted by molar-refractivity contribution is 4.99. The minimum atomic E-state index is 0.349. The van der Waals surface area contributed by atoms with E-state index in [0.29, 0.717) is 5.54 Å². The SMILES string of the molecule is c1cc(CNCC2(N3CCOCC3)CCCCC2)[nH]n1. The Kier molecular flexibility index (Phi) is 4.70. The fourth-order valence-corrected chi connectivity index (χ4v) is 3.67. The standard InChI is InChI=1S/C15H26N4O/c1-2-5-15(6-3-1,19-8-10-20-11-9-19)13-16-12-14-4-7-17-18-14/h4,7,16H,1-3,5-6,8-13H2,(H,17,18). The zero-order chi connectivity index (χ0) is 13.7. The molecule has 1 saturated heterocycles. The lowest BCUT2D eigenvalue weighted by molar-refractivity contribution is -0.0369. The van der Waals surface area contributed by atoms with E-state index in [-0.39, 0.29) is 0 Å². The number of H-pyrrole nitrogens is 1. The largest absolute Gasteiger partial charge is 0.379 e. The van der Waals surface area contributed by atoms with Crippen molar-refractivity contribution in [2.75, 3.05) is 32.8 Å². The molecule has 2 N–H and O–H groups in total. The number of morpholine rings is 1. The van der Waals surface area contributed by atoms with E-state index in [1.165, 1.54) is 32.1 Å². The molecule has 5 nitrogen and oxygen atoms in total. The predicted molar refractivity (Wildman–Crippen MR) is 78.5 cm³/mol. The van der Waals surface area contributed by atoms with Crippen LogP contribution in [0.15, 0.2) is 12.3 Å². The first kappa shape index (κ1) is 14.0. The molecule has 2 aliphatic rings. The Hall–Kier alpha value is -0.910. The summed E-state index contributed by atoms with van der Waals surface area (Å²) in [4.78, 5) is 2.68. The lowest BCUT2D eigenvalue weighted by Crippen LogP contribution is -2.59.